The average molecular weight is 222 g/mol. The van der Waals surface area contributed by atoms with E-state index in [0.717, 1.165) is 43.4 Å². The lowest BCUT2D eigenvalue weighted by molar-refractivity contribution is 0.279. The number of hydrogen-bond acceptors (Lipinski definition) is 5. The van der Waals surface area contributed by atoms with Crippen LogP contribution < -0.4 is 4.90 Å². The minimum absolute atomic E-state index is 0.00878. The number of rotatable bonds is 2. The van der Waals surface area contributed by atoms with E-state index in [1.165, 1.54) is 0 Å². The predicted molar refractivity (Wildman–Crippen MR) is 62.4 cm³/mol. The fourth-order valence-electron chi connectivity index (χ4n) is 1.79. The first-order chi connectivity index (χ1) is 7.70. The van der Waals surface area contributed by atoms with Gasteiger partial charge in [-0.05, 0) is 14.0 Å². The lowest BCUT2D eigenvalue weighted by atomic mass is 10.2. The van der Waals surface area contributed by atoms with E-state index in [4.69, 9.17) is 5.11 Å². The van der Waals surface area contributed by atoms with Gasteiger partial charge in [0.1, 0.15) is 0 Å². The fraction of sp³-hybridized carbons (Fsp3) is 0.636. The maximum Gasteiger partial charge on any atom is 0.225 e. The van der Waals surface area contributed by atoms with Crippen LogP contribution in [0.25, 0.3) is 0 Å². The minimum Gasteiger partial charge on any atom is -0.392 e. The number of aromatic nitrogens is 2. The van der Waals surface area contributed by atoms with Crippen LogP contribution in [-0.4, -0.2) is 53.2 Å². The first-order valence-corrected chi connectivity index (χ1v) is 5.57. The second kappa shape index (κ2) is 4.76. The van der Waals surface area contributed by atoms with Gasteiger partial charge in [0, 0.05) is 43.6 Å². The van der Waals surface area contributed by atoms with Crippen LogP contribution in [0.1, 0.15) is 11.3 Å². The summed E-state index contributed by atoms with van der Waals surface area (Å²) >= 11 is 0. The molecule has 5 nitrogen and oxygen atoms in total. The number of anilines is 1. The van der Waals surface area contributed by atoms with Crippen LogP contribution in [0.15, 0.2) is 6.20 Å². The Balaban J connectivity index is 2.12. The molecule has 0 unspecified atom stereocenters. The molecule has 1 saturated heterocycles. The number of piperazine rings is 1. The predicted octanol–water partition coefficient (Wildman–Crippen LogP) is 0.0291. The third kappa shape index (κ3) is 2.31. The van der Waals surface area contributed by atoms with E-state index in [1.54, 1.807) is 6.20 Å². The summed E-state index contributed by atoms with van der Waals surface area (Å²) < 4.78 is 0. The zero-order valence-electron chi connectivity index (χ0n) is 9.85. The molecule has 2 rings (SSSR count). The molecule has 0 radical (unpaired) electrons. The van der Waals surface area contributed by atoms with E-state index in [0.29, 0.717) is 0 Å². The maximum absolute atomic E-state index is 9.05. The van der Waals surface area contributed by atoms with E-state index in [2.05, 4.69) is 26.8 Å². The van der Waals surface area contributed by atoms with Gasteiger partial charge in [-0.15, -0.1) is 0 Å². The smallest absolute Gasteiger partial charge is 0.225 e. The Morgan fingerprint density at radius 2 is 2.00 bits per heavy atom. The normalized spacial score (nSPS) is 17.8. The van der Waals surface area contributed by atoms with E-state index in [-0.39, 0.29) is 6.61 Å². The number of aliphatic hydroxyl groups excluding tert-OH is 1. The van der Waals surface area contributed by atoms with Gasteiger partial charge in [0.2, 0.25) is 5.95 Å². The first-order valence-electron chi connectivity index (χ1n) is 5.57. The number of hydrogen-bond donors (Lipinski definition) is 1. The van der Waals surface area contributed by atoms with E-state index < -0.39 is 0 Å². The highest BCUT2D eigenvalue weighted by atomic mass is 16.3. The quantitative estimate of drug-likeness (QED) is 0.765. The summed E-state index contributed by atoms with van der Waals surface area (Å²) in [5.41, 5.74) is 1.67. The molecule has 1 N–H and O–H groups in total. The van der Waals surface area contributed by atoms with Gasteiger partial charge in [-0.3, -0.25) is 0 Å². The third-order valence-corrected chi connectivity index (χ3v) is 3.02. The van der Waals surface area contributed by atoms with Gasteiger partial charge >= 0.3 is 0 Å². The van der Waals surface area contributed by atoms with Crippen LogP contribution in [0, 0.1) is 6.92 Å². The molecule has 2 heterocycles. The summed E-state index contributed by atoms with van der Waals surface area (Å²) in [5, 5.41) is 9.05. The third-order valence-electron chi connectivity index (χ3n) is 3.02. The molecule has 1 fully saturated rings. The molecule has 1 aromatic heterocycles. The Kier molecular flexibility index (Phi) is 3.36. The molecule has 5 heteroatoms. The van der Waals surface area contributed by atoms with E-state index in [1.807, 2.05) is 6.92 Å². The summed E-state index contributed by atoms with van der Waals surface area (Å²) in [6.45, 7) is 5.94. The Morgan fingerprint density at radius 3 is 2.56 bits per heavy atom. The Bertz CT molecular complexity index is 361. The topological polar surface area (TPSA) is 52.5 Å². The standard InChI is InChI=1S/C11H18N4O/c1-9-10(8-16)7-12-11(13-9)15-5-3-14(2)4-6-15/h7,16H,3-6,8H2,1-2H3. The molecular formula is C11H18N4O. The second-order valence-electron chi connectivity index (χ2n) is 4.23. The monoisotopic (exact) mass is 222 g/mol. The highest BCUT2D eigenvalue weighted by Gasteiger charge is 2.16. The van der Waals surface area contributed by atoms with Crippen molar-refractivity contribution in [1.29, 1.82) is 0 Å². The van der Waals surface area contributed by atoms with Crippen molar-refractivity contribution in [2.45, 2.75) is 13.5 Å². The molecule has 0 amide bonds. The van der Waals surface area contributed by atoms with Crippen LogP contribution >= 0.6 is 0 Å². The van der Waals surface area contributed by atoms with Crippen LogP contribution in [0.4, 0.5) is 5.95 Å². The molecule has 0 aliphatic carbocycles. The molecule has 1 aliphatic rings. The number of aliphatic hydroxyl groups is 1. The summed E-state index contributed by atoms with van der Waals surface area (Å²) in [6.07, 6.45) is 1.72. The molecule has 88 valence electrons. The van der Waals surface area contributed by atoms with Crippen molar-refractivity contribution in [2.75, 3.05) is 38.1 Å². The van der Waals surface area contributed by atoms with Crippen molar-refractivity contribution in [2.24, 2.45) is 0 Å². The van der Waals surface area contributed by atoms with Gasteiger partial charge in [-0.1, -0.05) is 0 Å². The molecule has 0 saturated carbocycles. The highest BCUT2D eigenvalue weighted by molar-refractivity contribution is 5.33. The second-order valence-corrected chi connectivity index (χ2v) is 4.23. The average Bonchev–Trinajstić information content (AvgIpc) is 2.30. The van der Waals surface area contributed by atoms with Gasteiger partial charge in [0.25, 0.3) is 0 Å². The molecule has 0 atom stereocenters. The molecule has 0 aromatic carbocycles. The van der Waals surface area contributed by atoms with Crippen molar-refractivity contribution < 1.29 is 5.11 Å². The largest absolute Gasteiger partial charge is 0.392 e. The Morgan fingerprint density at radius 1 is 1.31 bits per heavy atom. The number of aryl methyl sites for hydroxylation is 1. The first kappa shape index (κ1) is 11.3. The Hall–Kier alpha value is -1.20. The van der Waals surface area contributed by atoms with Crippen molar-refractivity contribution in [1.82, 2.24) is 14.9 Å². The molecule has 0 spiro atoms. The summed E-state index contributed by atoms with van der Waals surface area (Å²) in [7, 11) is 2.12. The van der Waals surface area contributed by atoms with Gasteiger partial charge in [-0.25, -0.2) is 9.97 Å². The Labute approximate surface area is 95.7 Å². The van der Waals surface area contributed by atoms with Crippen LogP contribution in [-0.2, 0) is 6.61 Å². The van der Waals surface area contributed by atoms with Crippen molar-refractivity contribution >= 4 is 5.95 Å². The van der Waals surface area contributed by atoms with Crippen LogP contribution in [0.5, 0.6) is 0 Å². The highest BCUT2D eigenvalue weighted by Crippen LogP contribution is 2.12. The van der Waals surface area contributed by atoms with E-state index >= 15 is 0 Å². The molecule has 0 bridgehead atoms. The van der Waals surface area contributed by atoms with Crippen LogP contribution in [0.2, 0.25) is 0 Å². The lowest BCUT2D eigenvalue weighted by Crippen LogP contribution is -2.45. The summed E-state index contributed by atoms with van der Waals surface area (Å²) in [5.74, 6) is 0.780. The maximum atomic E-state index is 9.05. The van der Waals surface area contributed by atoms with Crippen molar-refractivity contribution in [3.63, 3.8) is 0 Å². The zero-order valence-corrected chi connectivity index (χ0v) is 9.85. The van der Waals surface area contributed by atoms with E-state index in [9.17, 15) is 0 Å². The lowest BCUT2D eigenvalue weighted by Gasteiger charge is -2.32. The van der Waals surface area contributed by atoms with Gasteiger partial charge in [-0.2, -0.15) is 0 Å². The summed E-state index contributed by atoms with van der Waals surface area (Å²) in [6, 6.07) is 0. The minimum atomic E-state index is 0.00878. The van der Waals surface area contributed by atoms with Gasteiger partial charge < -0.3 is 14.9 Å². The SMILES string of the molecule is Cc1nc(N2CCN(C)CC2)ncc1CO. The zero-order chi connectivity index (χ0) is 11.5. The summed E-state index contributed by atoms with van der Waals surface area (Å²) in [4.78, 5) is 13.2. The molecular weight excluding hydrogens is 204 g/mol. The molecule has 1 aliphatic heterocycles. The number of likely N-dealkylation sites (N-methyl/N-ethyl adjacent to an activating group) is 1. The van der Waals surface area contributed by atoms with Gasteiger partial charge in [0.15, 0.2) is 0 Å². The number of nitrogens with zero attached hydrogens (tertiary/aromatic N) is 4. The van der Waals surface area contributed by atoms with Crippen LogP contribution in [0.3, 0.4) is 0 Å². The molecule has 16 heavy (non-hydrogen) atoms. The van der Waals surface area contributed by atoms with Crippen molar-refractivity contribution in [3.05, 3.63) is 17.5 Å². The van der Waals surface area contributed by atoms with Gasteiger partial charge in [0.05, 0.1) is 6.61 Å². The molecule has 1 aromatic rings. The fourth-order valence-corrected chi connectivity index (χ4v) is 1.79. The van der Waals surface area contributed by atoms with Crippen molar-refractivity contribution in [3.8, 4) is 0 Å².